The van der Waals surface area contributed by atoms with Crippen LogP contribution in [0.2, 0.25) is 0 Å². The maximum atomic E-state index is 11.2. The Hall–Kier alpha value is -8.28. The van der Waals surface area contributed by atoms with Gasteiger partial charge < -0.3 is 90.8 Å². The number of phenols is 15. The number of rotatable bonds is 8. The maximum absolute atomic E-state index is 11.2. The van der Waals surface area contributed by atoms with Crippen molar-refractivity contribution in [3.05, 3.63) is 66.7 Å². The van der Waals surface area contributed by atoms with Crippen LogP contribution in [-0.4, -0.2) is 76.6 Å². The van der Waals surface area contributed by atoms with Crippen molar-refractivity contribution in [3.63, 3.8) is 0 Å². The first-order valence-corrected chi connectivity index (χ1v) is 14.9. The van der Waals surface area contributed by atoms with Gasteiger partial charge in [0.15, 0.2) is 34.5 Å². The van der Waals surface area contributed by atoms with E-state index in [0.29, 0.717) is 12.1 Å². The Morgan fingerprint density at radius 2 is 0.574 bits per heavy atom. The van der Waals surface area contributed by atoms with E-state index in [1.807, 2.05) is 0 Å². The third kappa shape index (κ3) is 6.39. The molecule has 0 aliphatic heterocycles. The molecule has 0 radical (unpaired) electrons. The van der Waals surface area contributed by atoms with Crippen LogP contribution in [-0.2, 0) is 0 Å². The predicted octanol–water partition coefficient (Wildman–Crippen LogP) is 5.98. The van der Waals surface area contributed by atoms with Gasteiger partial charge in [-0.25, -0.2) is 0 Å². The van der Waals surface area contributed by atoms with Crippen molar-refractivity contribution >= 4 is 0 Å². The lowest BCUT2D eigenvalue weighted by molar-refractivity contribution is 0.335. The quantitative estimate of drug-likeness (QED) is 0.0851. The van der Waals surface area contributed by atoms with Crippen molar-refractivity contribution in [2.24, 2.45) is 0 Å². The van der Waals surface area contributed by atoms with Crippen molar-refractivity contribution in [2.45, 2.75) is 0 Å². The van der Waals surface area contributed by atoms with E-state index in [0.717, 1.165) is 54.6 Å². The molecule has 18 heteroatoms. The summed E-state index contributed by atoms with van der Waals surface area (Å²) < 4.78 is 17.3. The summed E-state index contributed by atoms with van der Waals surface area (Å²) in [6.07, 6.45) is 0. The molecule has 0 spiro atoms. The summed E-state index contributed by atoms with van der Waals surface area (Å²) in [4.78, 5) is 0. The smallest absolute Gasteiger partial charge is 0.212 e. The van der Waals surface area contributed by atoms with E-state index in [-0.39, 0.29) is 5.75 Å². The second-order valence-electron chi connectivity index (χ2n) is 11.4. The predicted molar refractivity (Wildman–Crippen MR) is 182 cm³/mol. The van der Waals surface area contributed by atoms with Crippen LogP contribution in [0.15, 0.2) is 66.7 Å². The van der Waals surface area contributed by atoms with Gasteiger partial charge in [-0.15, -0.1) is 0 Å². The van der Waals surface area contributed by atoms with Gasteiger partial charge in [-0.2, -0.15) is 0 Å². The van der Waals surface area contributed by atoms with Gasteiger partial charge in [-0.05, 0) is 0 Å². The highest BCUT2D eigenvalue weighted by molar-refractivity contribution is 5.90. The summed E-state index contributed by atoms with van der Waals surface area (Å²) in [5, 5.41) is 157. The van der Waals surface area contributed by atoms with Gasteiger partial charge in [0, 0.05) is 66.7 Å². The zero-order valence-electron chi connectivity index (χ0n) is 26.8. The minimum Gasteiger partial charge on any atom is -0.508 e. The standard InChI is InChI=1S/C36H26O18/c37-12-1-13(38)3-17(2-12)52-36-26(53-34-24(48)10-22(46)30(32(34)50)28-18(42)4-14(39)5-19(28)43)8-16(41)9-27(36)54-35-25(49)11-23(47)31(33(35)51)29-20(44)6-15(40)7-21(29)45/h1-11,37-51H. The summed E-state index contributed by atoms with van der Waals surface area (Å²) in [5.74, 6) is -16.6. The van der Waals surface area contributed by atoms with E-state index >= 15 is 0 Å². The minimum absolute atomic E-state index is 0.356. The number of aromatic hydroxyl groups is 15. The van der Waals surface area contributed by atoms with Gasteiger partial charge in [0.25, 0.3) is 0 Å². The molecule has 0 aliphatic carbocycles. The molecule has 0 unspecified atom stereocenters. The van der Waals surface area contributed by atoms with Crippen molar-refractivity contribution in [1.82, 2.24) is 0 Å². The molecule has 0 aromatic heterocycles. The first kappa shape index (κ1) is 35.5. The highest BCUT2D eigenvalue weighted by atomic mass is 16.6. The van der Waals surface area contributed by atoms with E-state index in [1.165, 1.54) is 0 Å². The normalized spacial score (nSPS) is 11.0. The summed E-state index contributed by atoms with van der Waals surface area (Å²) in [6, 6.07) is 8.85. The molecule has 278 valence electrons. The fourth-order valence-corrected chi connectivity index (χ4v) is 5.43. The molecule has 18 nitrogen and oxygen atoms in total. The fraction of sp³-hybridized carbons (Fsp3) is 0. The summed E-state index contributed by atoms with van der Waals surface area (Å²) in [7, 11) is 0. The van der Waals surface area contributed by atoms with Gasteiger partial charge in [0.2, 0.25) is 17.2 Å². The van der Waals surface area contributed by atoms with Crippen LogP contribution >= 0.6 is 0 Å². The van der Waals surface area contributed by atoms with Gasteiger partial charge in [-0.3, -0.25) is 0 Å². The van der Waals surface area contributed by atoms with Gasteiger partial charge in [-0.1, -0.05) is 0 Å². The van der Waals surface area contributed by atoms with Crippen LogP contribution < -0.4 is 14.2 Å². The number of phenolic OH excluding ortho intramolecular Hbond substituents is 15. The zero-order chi connectivity index (χ0) is 39.3. The van der Waals surface area contributed by atoms with Crippen molar-refractivity contribution in [3.8, 4) is 143 Å². The van der Waals surface area contributed by atoms with Crippen LogP contribution in [0.25, 0.3) is 22.3 Å². The number of benzene rings is 6. The number of ether oxygens (including phenoxy) is 3. The SMILES string of the molecule is Oc1cc(O)cc(Oc2c(Oc3c(O)cc(O)c(-c4c(O)cc(O)cc4O)c3O)cc(O)cc2Oc2c(O)cc(O)c(-c3c(O)cc(O)cc3O)c2O)c1. The minimum atomic E-state index is -1.14. The third-order valence-electron chi connectivity index (χ3n) is 7.62. The Morgan fingerprint density at radius 3 is 0.944 bits per heavy atom. The average Bonchev–Trinajstić information content (AvgIpc) is 3.04. The van der Waals surface area contributed by atoms with Gasteiger partial charge in [0.05, 0.1) is 22.3 Å². The molecule has 15 N–H and O–H groups in total. The summed E-state index contributed by atoms with van der Waals surface area (Å²) in [6.45, 7) is 0. The molecule has 0 bridgehead atoms. The van der Waals surface area contributed by atoms with Crippen LogP contribution in [0.3, 0.4) is 0 Å². The Morgan fingerprint density at radius 1 is 0.259 bits per heavy atom. The first-order chi connectivity index (χ1) is 25.4. The monoisotopic (exact) mass is 746 g/mol. The summed E-state index contributed by atoms with van der Waals surface area (Å²) >= 11 is 0. The topological polar surface area (TPSA) is 331 Å². The molecule has 54 heavy (non-hydrogen) atoms. The van der Waals surface area contributed by atoms with Crippen LogP contribution in [0.5, 0.6) is 121 Å². The molecule has 0 saturated heterocycles. The molecule has 6 aromatic carbocycles. The molecule has 0 fully saturated rings. The van der Waals surface area contributed by atoms with E-state index in [9.17, 15) is 76.6 Å². The Kier molecular flexibility index (Phi) is 8.63. The van der Waals surface area contributed by atoms with Crippen LogP contribution in [0.4, 0.5) is 0 Å². The van der Waals surface area contributed by atoms with E-state index < -0.39 is 137 Å². The van der Waals surface area contributed by atoms with Gasteiger partial charge >= 0.3 is 0 Å². The highest BCUT2D eigenvalue weighted by Gasteiger charge is 2.30. The number of hydrogen-bond acceptors (Lipinski definition) is 18. The second-order valence-corrected chi connectivity index (χ2v) is 11.4. The molecule has 0 aliphatic rings. The first-order valence-electron chi connectivity index (χ1n) is 14.9. The maximum Gasteiger partial charge on any atom is 0.212 e. The Balaban J connectivity index is 1.56. The van der Waals surface area contributed by atoms with E-state index in [2.05, 4.69) is 0 Å². The second kappa shape index (κ2) is 13.1. The van der Waals surface area contributed by atoms with E-state index in [1.54, 1.807) is 0 Å². The van der Waals surface area contributed by atoms with Crippen LogP contribution in [0.1, 0.15) is 0 Å². The molecule has 0 amide bonds. The van der Waals surface area contributed by atoms with Crippen molar-refractivity contribution in [1.29, 1.82) is 0 Å². The van der Waals surface area contributed by atoms with Crippen LogP contribution in [0, 0.1) is 0 Å². The highest BCUT2D eigenvalue weighted by Crippen LogP contribution is 2.59. The molecular weight excluding hydrogens is 720 g/mol. The lowest BCUT2D eigenvalue weighted by Gasteiger charge is -2.21. The summed E-state index contributed by atoms with van der Waals surface area (Å²) in [5.41, 5.74) is -2.69. The molecule has 6 rings (SSSR count). The Labute approximate surface area is 300 Å². The molecule has 0 heterocycles. The Bertz CT molecular complexity index is 2280. The largest absolute Gasteiger partial charge is 0.508 e. The number of hydrogen-bond donors (Lipinski definition) is 15. The van der Waals surface area contributed by atoms with Gasteiger partial charge in [0.1, 0.15) is 69.0 Å². The fourth-order valence-electron chi connectivity index (χ4n) is 5.43. The molecule has 6 aromatic rings. The lowest BCUT2D eigenvalue weighted by atomic mass is 10.00. The average molecular weight is 747 g/mol. The lowest BCUT2D eigenvalue weighted by Crippen LogP contribution is -1.97. The molecular formula is C36H26O18. The van der Waals surface area contributed by atoms with Crippen molar-refractivity contribution in [2.75, 3.05) is 0 Å². The zero-order valence-corrected chi connectivity index (χ0v) is 26.8. The van der Waals surface area contributed by atoms with Crippen molar-refractivity contribution < 1.29 is 90.8 Å². The third-order valence-corrected chi connectivity index (χ3v) is 7.62. The van der Waals surface area contributed by atoms with E-state index in [4.69, 9.17) is 14.2 Å². The molecule has 0 saturated carbocycles. The molecule has 0 atom stereocenters.